The first-order chi connectivity index (χ1) is 15.6. The molecule has 0 saturated carbocycles. The van der Waals surface area contributed by atoms with Crippen molar-refractivity contribution in [2.24, 2.45) is 5.16 Å². The quantitative estimate of drug-likeness (QED) is 0.276. The number of oxime groups is 1. The van der Waals surface area contributed by atoms with Crippen molar-refractivity contribution in [3.05, 3.63) is 84.1 Å². The summed E-state index contributed by atoms with van der Waals surface area (Å²) in [6.07, 6.45) is 1.21. The third-order valence-corrected chi connectivity index (χ3v) is 4.81. The molecule has 0 fully saturated rings. The van der Waals surface area contributed by atoms with Crippen LogP contribution in [0.4, 0.5) is 0 Å². The molecule has 3 rings (SSSR count). The lowest BCUT2D eigenvalue weighted by molar-refractivity contribution is -0.148. The van der Waals surface area contributed by atoms with Crippen molar-refractivity contribution in [2.75, 3.05) is 20.3 Å². The average molecular weight is 434 g/mol. The maximum absolute atomic E-state index is 11.0. The number of carboxylic acid groups (broad SMARTS) is 1. The number of benzene rings is 2. The van der Waals surface area contributed by atoms with E-state index in [2.05, 4.69) is 10.1 Å². The number of carboxylic acids is 1. The van der Waals surface area contributed by atoms with Crippen LogP contribution in [-0.2, 0) is 20.8 Å². The standard InChI is InChI=1S/C25H26N2O5/c1-18(20-8-10-21(11-9-20)23-5-3-4-14-26-23)27-32-16-15-31-22-12-6-19(7-13-22)17-24(30-2)25(28)29/h3-14,24H,15-17H2,1-2H3,(H,28,29). The van der Waals surface area contributed by atoms with Crippen molar-refractivity contribution in [1.82, 2.24) is 4.98 Å². The molecule has 0 aliphatic heterocycles. The number of pyridine rings is 1. The SMILES string of the molecule is COC(Cc1ccc(OCCON=C(C)c2ccc(-c3ccccn3)cc2)cc1)C(=O)O. The van der Waals surface area contributed by atoms with Gasteiger partial charge >= 0.3 is 5.97 Å². The van der Waals surface area contributed by atoms with Crippen LogP contribution in [0.25, 0.3) is 11.3 Å². The molecule has 1 aromatic heterocycles. The van der Waals surface area contributed by atoms with Crippen LogP contribution in [0.3, 0.4) is 0 Å². The van der Waals surface area contributed by atoms with Crippen LogP contribution < -0.4 is 4.74 Å². The summed E-state index contributed by atoms with van der Waals surface area (Å²) in [4.78, 5) is 20.8. The van der Waals surface area contributed by atoms with E-state index in [0.717, 1.165) is 28.1 Å². The lowest BCUT2D eigenvalue weighted by Crippen LogP contribution is -2.24. The number of ether oxygens (including phenoxy) is 2. The average Bonchev–Trinajstić information content (AvgIpc) is 2.83. The van der Waals surface area contributed by atoms with Crippen molar-refractivity contribution in [2.45, 2.75) is 19.4 Å². The Kier molecular flexibility index (Phi) is 8.34. The van der Waals surface area contributed by atoms with Crippen LogP contribution >= 0.6 is 0 Å². The van der Waals surface area contributed by atoms with Crippen molar-refractivity contribution in [3.63, 3.8) is 0 Å². The lowest BCUT2D eigenvalue weighted by atomic mass is 10.1. The zero-order chi connectivity index (χ0) is 22.8. The van der Waals surface area contributed by atoms with Crippen molar-refractivity contribution in [3.8, 4) is 17.0 Å². The molecule has 7 nitrogen and oxygen atoms in total. The van der Waals surface area contributed by atoms with E-state index in [1.807, 2.05) is 61.5 Å². The minimum atomic E-state index is -0.982. The van der Waals surface area contributed by atoms with Gasteiger partial charge in [0, 0.05) is 25.3 Å². The van der Waals surface area contributed by atoms with Gasteiger partial charge in [-0.25, -0.2) is 4.79 Å². The largest absolute Gasteiger partial charge is 0.490 e. The molecule has 3 aromatic rings. The number of nitrogens with zero attached hydrogens (tertiary/aromatic N) is 2. The monoisotopic (exact) mass is 434 g/mol. The van der Waals surface area contributed by atoms with Crippen LogP contribution in [0, 0.1) is 0 Å². The Labute approximate surface area is 187 Å². The lowest BCUT2D eigenvalue weighted by Gasteiger charge is -2.11. The highest BCUT2D eigenvalue weighted by Gasteiger charge is 2.16. The maximum atomic E-state index is 11.0. The van der Waals surface area contributed by atoms with Crippen molar-refractivity contribution in [1.29, 1.82) is 0 Å². The van der Waals surface area contributed by atoms with Gasteiger partial charge in [-0.3, -0.25) is 4.98 Å². The number of carbonyl (C=O) groups is 1. The Morgan fingerprint density at radius 2 is 1.78 bits per heavy atom. The third kappa shape index (κ3) is 6.65. The first-order valence-corrected chi connectivity index (χ1v) is 10.2. The van der Waals surface area contributed by atoms with Gasteiger partial charge in [0.05, 0.1) is 11.4 Å². The molecule has 0 amide bonds. The fraction of sp³-hybridized carbons (Fsp3) is 0.240. The van der Waals surface area contributed by atoms with E-state index in [1.165, 1.54) is 7.11 Å². The fourth-order valence-electron chi connectivity index (χ4n) is 3.01. The smallest absolute Gasteiger partial charge is 0.333 e. The Morgan fingerprint density at radius 1 is 1.03 bits per heavy atom. The third-order valence-electron chi connectivity index (χ3n) is 4.81. The zero-order valence-electron chi connectivity index (χ0n) is 18.1. The zero-order valence-corrected chi connectivity index (χ0v) is 18.1. The van der Waals surface area contributed by atoms with E-state index in [0.29, 0.717) is 25.4 Å². The molecule has 0 bridgehead atoms. The Bertz CT molecular complexity index is 1020. The molecule has 0 aliphatic rings. The highest BCUT2D eigenvalue weighted by atomic mass is 16.6. The van der Waals surface area contributed by atoms with Gasteiger partial charge in [-0.1, -0.05) is 47.6 Å². The summed E-state index contributed by atoms with van der Waals surface area (Å²) in [5.74, 6) is -0.308. The van der Waals surface area contributed by atoms with Gasteiger partial charge in [-0.2, -0.15) is 0 Å². The van der Waals surface area contributed by atoms with Gasteiger partial charge < -0.3 is 19.4 Å². The molecule has 166 valence electrons. The summed E-state index contributed by atoms with van der Waals surface area (Å²) >= 11 is 0. The van der Waals surface area contributed by atoms with E-state index in [-0.39, 0.29) is 0 Å². The fourth-order valence-corrected chi connectivity index (χ4v) is 3.01. The number of aliphatic carboxylic acids is 1. The first-order valence-electron chi connectivity index (χ1n) is 10.2. The molecule has 1 N–H and O–H groups in total. The Morgan fingerprint density at radius 3 is 2.41 bits per heavy atom. The van der Waals surface area contributed by atoms with E-state index in [4.69, 9.17) is 19.4 Å². The van der Waals surface area contributed by atoms with Crippen LogP contribution in [-0.4, -0.2) is 48.2 Å². The second-order valence-corrected chi connectivity index (χ2v) is 7.06. The van der Waals surface area contributed by atoms with Gasteiger partial charge in [-0.15, -0.1) is 0 Å². The van der Waals surface area contributed by atoms with E-state index < -0.39 is 12.1 Å². The highest BCUT2D eigenvalue weighted by Crippen LogP contribution is 2.17. The molecule has 32 heavy (non-hydrogen) atoms. The maximum Gasteiger partial charge on any atom is 0.333 e. The molecule has 1 unspecified atom stereocenters. The molecule has 7 heteroatoms. The molecule has 0 saturated heterocycles. The van der Waals surface area contributed by atoms with Gasteiger partial charge in [-0.05, 0) is 42.3 Å². The summed E-state index contributed by atoms with van der Waals surface area (Å²) in [5, 5.41) is 13.2. The van der Waals surface area contributed by atoms with Crippen LogP contribution in [0.15, 0.2) is 78.1 Å². The summed E-state index contributed by atoms with van der Waals surface area (Å²) in [7, 11) is 1.39. The minimum absolute atomic E-state index is 0.298. The summed E-state index contributed by atoms with van der Waals surface area (Å²) in [6, 6.07) is 21.1. The molecule has 0 radical (unpaired) electrons. The van der Waals surface area contributed by atoms with Crippen LogP contribution in [0.5, 0.6) is 5.75 Å². The van der Waals surface area contributed by atoms with E-state index in [1.54, 1.807) is 18.3 Å². The summed E-state index contributed by atoms with van der Waals surface area (Å²) in [5.41, 5.74) is 4.57. The minimum Gasteiger partial charge on any atom is -0.490 e. The van der Waals surface area contributed by atoms with Crippen molar-refractivity contribution >= 4 is 11.7 Å². The molecular formula is C25H26N2O5. The van der Waals surface area contributed by atoms with Gasteiger partial charge in [0.2, 0.25) is 0 Å². The summed E-state index contributed by atoms with van der Waals surface area (Å²) < 4.78 is 10.6. The van der Waals surface area contributed by atoms with Crippen molar-refractivity contribution < 1.29 is 24.2 Å². The predicted octanol–water partition coefficient (Wildman–Crippen LogP) is 4.21. The molecule has 0 spiro atoms. The number of rotatable bonds is 11. The number of hydrogen-bond acceptors (Lipinski definition) is 6. The number of aromatic nitrogens is 1. The van der Waals surface area contributed by atoms with Gasteiger partial charge in [0.25, 0.3) is 0 Å². The van der Waals surface area contributed by atoms with Gasteiger partial charge in [0.1, 0.15) is 12.4 Å². The van der Waals surface area contributed by atoms with Gasteiger partial charge in [0.15, 0.2) is 12.7 Å². The van der Waals surface area contributed by atoms with Crippen LogP contribution in [0.2, 0.25) is 0 Å². The van der Waals surface area contributed by atoms with E-state index >= 15 is 0 Å². The Balaban J connectivity index is 1.43. The predicted molar refractivity (Wildman–Crippen MR) is 122 cm³/mol. The molecule has 0 aliphatic carbocycles. The second-order valence-electron chi connectivity index (χ2n) is 7.06. The molecule has 2 aromatic carbocycles. The first kappa shape index (κ1) is 23.0. The Hall–Kier alpha value is -3.71. The molecule has 1 atom stereocenters. The van der Waals surface area contributed by atoms with E-state index in [9.17, 15) is 4.79 Å². The molecule has 1 heterocycles. The number of hydrogen-bond donors (Lipinski definition) is 1. The van der Waals surface area contributed by atoms with Crippen LogP contribution in [0.1, 0.15) is 18.1 Å². The molecular weight excluding hydrogens is 408 g/mol. The topological polar surface area (TPSA) is 90.2 Å². The normalized spacial score (nSPS) is 12.2. The highest BCUT2D eigenvalue weighted by molar-refractivity contribution is 5.98. The summed E-state index contributed by atoms with van der Waals surface area (Å²) in [6.45, 7) is 2.53. The second kappa shape index (κ2) is 11.6. The number of methoxy groups -OCH3 is 1.